The summed E-state index contributed by atoms with van der Waals surface area (Å²) in [6, 6.07) is 0. The van der Waals surface area contributed by atoms with E-state index in [1.807, 2.05) is 4.90 Å². The average Bonchev–Trinajstić information content (AvgIpc) is 3.32. The zero-order valence-electron chi connectivity index (χ0n) is 21.4. The number of hydroxylamine groups is 1. The summed E-state index contributed by atoms with van der Waals surface area (Å²) in [5.41, 5.74) is 3.41. The molecule has 3 heterocycles. The van der Waals surface area contributed by atoms with Crippen LogP contribution in [0.5, 0.6) is 0 Å². The summed E-state index contributed by atoms with van der Waals surface area (Å²) in [4.78, 5) is 55.9. The number of piperidine rings is 1. The van der Waals surface area contributed by atoms with Crippen LogP contribution in [-0.4, -0.2) is 62.4 Å². The largest absolute Gasteiger partial charge is 0.481 e. The van der Waals surface area contributed by atoms with Gasteiger partial charge in [-0.05, 0) is 69.1 Å². The van der Waals surface area contributed by atoms with Gasteiger partial charge < -0.3 is 24.1 Å². The van der Waals surface area contributed by atoms with E-state index in [-0.39, 0.29) is 24.3 Å². The van der Waals surface area contributed by atoms with Crippen molar-refractivity contribution in [2.24, 2.45) is 29.1 Å². The molecule has 7 rings (SSSR count). The molecule has 4 aliphatic carbocycles. The van der Waals surface area contributed by atoms with Crippen molar-refractivity contribution in [1.82, 2.24) is 25.0 Å². The smallest absolute Gasteiger partial charge is 0.440 e. The van der Waals surface area contributed by atoms with Gasteiger partial charge in [-0.1, -0.05) is 0 Å². The minimum absolute atomic E-state index is 0.00403. The highest BCUT2D eigenvalue weighted by molar-refractivity contribution is 5.83. The third kappa shape index (κ3) is 5.00. The fraction of sp³-hybridized carbons (Fsp3) is 0.692. The maximum absolute atomic E-state index is 12.3. The Labute approximate surface area is 220 Å². The third-order valence-electron chi connectivity index (χ3n) is 9.01. The summed E-state index contributed by atoms with van der Waals surface area (Å²) < 4.78 is 7.21. The maximum Gasteiger partial charge on any atom is 0.440 e. The van der Waals surface area contributed by atoms with Crippen molar-refractivity contribution in [3.05, 3.63) is 12.7 Å². The predicted molar refractivity (Wildman–Crippen MR) is 134 cm³/mol. The first-order valence-electron chi connectivity index (χ1n) is 13.6. The lowest BCUT2D eigenvalue weighted by Gasteiger charge is -2.56. The topological polar surface area (TPSA) is 149 Å². The Bertz CT molecular complexity index is 1190. The molecular formula is C26H34N6O6. The van der Waals surface area contributed by atoms with Crippen molar-refractivity contribution in [2.75, 3.05) is 24.6 Å². The molecule has 1 aliphatic heterocycles. The number of hydrogen-bond donors (Lipinski definition) is 2. The number of fused-ring (bicyclic) bond motifs is 1. The molecule has 204 valence electrons. The van der Waals surface area contributed by atoms with Gasteiger partial charge in [-0.2, -0.15) is 0 Å². The van der Waals surface area contributed by atoms with Gasteiger partial charge in [-0.25, -0.2) is 24.5 Å². The Morgan fingerprint density at radius 2 is 1.71 bits per heavy atom. The number of carbonyl (C=O) groups is 3. The van der Waals surface area contributed by atoms with Gasteiger partial charge in [-0.15, -0.1) is 5.48 Å². The van der Waals surface area contributed by atoms with E-state index < -0.39 is 18.0 Å². The number of imidazole rings is 1. The van der Waals surface area contributed by atoms with Gasteiger partial charge in [0.2, 0.25) is 0 Å². The summed E-state index contributed by atoms with van der Waals surface area (Å²) in [5.74, 6) is 1.28. The molecule has 1 saturated heterocycles. The van der Waals surface area contributed by atoms with Crippen molar-refractivity contribution in [3.8, 4) is 0 Å². The summed E-state index contributed by atoms with van der Waals surface area (Å²) in [7, 11) is 0. The lowest BCUT2D eigenvalue weighted by Crippen LogP contribution is -2.48. The van der Waals surface area contributed by atoms with Gasteiger partial charge in [-0.3, -0.25) is 4.79 Å². The first-order chi connectivity index (χ1) is 18.4. The summed E-state index contributed by atoms with van der Waals surface area (Å²) in [6.45, 7) is 1.80. The fourth-order valence-electron chi connectivity index (χ4n) is 7.68. The molecular weight excluding hydrogens is 492 g/mol. The molecule has 12 heteroatoms. The van der Waals surface area contributed by atoms with E-state index in [1.54, 1.807) is 10.9 Å². The molecule has 4 saturated carbocycles. The van der Waals surface area contributed by atoms with E-state index in [0.717, 1.165) is 37.0 Å². The van der Waals surface area contributed by atoms with E-state index >= 15 is 0 Å². The molecule has 5 aliphatic rings. The molecule has 0 spiro atoms. The normalized spacial score (nSPS) is 28.4. The van der Waals surface area contributed by atoms with Crippen LogP contribution in [-0.2, 0) is 25.7 Å². The number of rotatable bonds is 7. The SMILES string of the molecule is O=C(CCn1cnc2c(N3CCC(C(=O)O)CC3)ncnc21)ONC(=O)OCC12CC3CC(CC(C3)C1)C2. The number of nitrogens with zero attached hydrogens (tertiary/aromatic N) is 5. The van der Waals surface area contributed by atoms with E-state index in [1.165, 1.54) is 25.6 Å². The lowest BCUT2D eigenvalue weighted by atomic mass is 9.50. The molecule has 0 unspecified atom stereocenters. The van der Waals surface area contributed by atoms with Crippen LogP contribution in [0, 0.1) is 29.1 Å². The zero-order valence-corrected chi connectivity index (χ0v) is 21.4. The van der Waals surface area contributed by atoms with Crippen molar-refractivity contribution in [1.29, 1.82) is 0 Å². The van der Waals surface area contributed by atoms with Gasteiger partial charge >= 0.3 is 18.0 Å². The number of aliphatic carboxylic acids is 1. The highest BCUT2D eigenvalue weighted by Crippen LogP contribution is 2.60. The highest BCUT2D eigenvalue weighted by atomic mass is 16.7. The van der Waals surface area contributed by atoms with Crippen LogP contribution in [0.15, 0.2) is 12.7 Å². The number of carboxylic acid groups (broad SMARTS) is 1. The van der Waals surface area contributed by atoms with Crippen LogP contribution in [0.2, 0.25) is 0 Å². The van der Waals surface area contributed by atoms with E-state index in [2.05, 4.69) is 20.4 Å². The molecule has 2 N–H and O–H groups in total. The molecule has 0 aromatic carbocycles. The second-order valence-corrected chi connectivity index (χ2v) is 11.7. The van der Waals surface area contributed by atoms with E-state index in [9.17, 15) is 19.5 Å². The molecule has 0 radical (unpaired) electrons. The number of carboxylic acids is 1. The summed E-state index contributed by atoms with van der Waals surface area (Å²) in [5, 5.41) is 9.24. The summed E-state index contributed by atoms with van der Waals surface area (Å²) >= 11 is 0. The Morgan fingerprint density at radius 3 is 2.37 bits per heavy atom. The number of carbonyl (C=O) groups excluding carboxylic acids is 2. The van der Waals surface area contributed by atoms with Crippen LogP contribution in [0.1, 0.15) is 57.8 Å². The standard InChI is InChI=1S/C26H34N6O6/c33-20(38-30-25(36)37-13-26-10-16-7-17(11-26)9-18(8-16)12-26)3-6-32-15-29-21-22(27-14-28-23(21)32)31-4-1-19(2-5-31)24(34)35/h14-19H,1-13H2,(H,30,36)(H,34,35). The predicted octanol–water partition coefficient (Wildman–Crippen LogP) is 2.92. The third-order valence-corrected chi connectivity index (χ3v) is 9.01. The first kappa shape index (κ1) is 24.9. The quantitative estimate of drug-likeness (QED) is 0.516. The minimum Gasteiger partial charge on any atom is -0.481 e. The number of aromatic nitrogens is 4. The van der Waals surface area contributed by atoms with Crippen molar-refractivity contribution in [2.45, 2.75) is 64.3 Å². The Kier molecular flexibility index (Phi) is 6.56. The maximum atomic E-state index is 12.3. The Morgan fingerprint density at radius 1 is 1.03 bits per heavy atom. The van der Waals surface area contributed by atoms with E-state index in [4.69, 9.17) is 9.57 Å². The fourth-order valence-corrected chi connectivity index (χ4v) is 7.68. The first-order valence-corrected chi connectivity index (χ1v) is 13.6. The minimum atomic E-state index is -0.765. The number of hydrogen-bond acceptors (Lipinski definition) is 9. The van der Waals surface area contributed by atoms with Crippen LogP contribution in [0.3, 0.4) is 0 Å². The van der Waals surface area contributed by atoms with Crippen molar-refractivity contribution in [3.63, 3.8) is 0 Å². The second-order valence-electron chi connectivity index (χ2n) is 11.7. The molecule has 1 amide bonds. The molecule has 2 aromatic rings. The molecule has 12 nitrogen and oxygen atoms in total. The van der Waals surface area contributed by atoms with Crippen LogP contribution >= 0.6 is 0 Å². The zero-order chi connectivity index (χ0) is 26.3. The van der Waals surface area contributed by atoms with Gasteiger partial charge in [0.25, 0.3) is 0 Å². The van der Waals surface area contributed by atoms with Crippen LogP contribution in [0.4, 0.5) is 10.6 Å². The van der Waals surface area contributed by atoms with Crippen molar-refractivity contribution < 1.29 is 29.1 Å². The van der Waals surface area contributed by atoms with Gasteiger partial charge in [0.1, 0.15) is 6.33 Å². The number of amides is 1. The second kappa shape index (κ2) is 10.0. The Hall–Kier alpha value is -3.44. The number of nitrogens with one attached hydrogen (secondary N) is 1. The molecule has 0 atom stereocenters. The van der Waals surface area contributed by atoms with Gasteiger partial charge in [0.05, 0.1) is 25.3 Å². The van der Waals surface area contributed by atoms with Crippen LogP contribution in [0.25, 0.3) is 11.2 Å². The highest BCUT2D eigenvalue weighted by Gasteiger charge is 2.51. The molecule has 4 bridgehead atoms. The van der Waals surface area contributed by atoms with E-state index in [0.29, 0.717) is 49.5 Å². The molecule has 38 heavy (non-hydrogen) atoms. The monoisotopic (exact) mass is 526 g/mol. The molecule has 5 fully saturated rings. The number of ether oxygens (including phenoxy) is 1. The van der Waals surface area contributed by atoms with Gasteiger partial charge in [0, 0.05) is 25.0 Å². The van der Waals surface area contributed by atoms with Crippen LogP contribution < -0.4 is 10.4 Å². The number of anilines is 1. The lowest BCUT2D eigenvalue weighted by molar-refractivity contribution is -0.150. The summed E-state index contributed by atoms with van der Waals surface area (Å²) in [6.07, 6.45) is 10.8. The van der Waals surface area contributed by atoms with Gasteiger partial charge in [0.15, 0.2) is 17.0 Å². The Balaban J connectivity index is 0.973. The number of aryl methyl sites for hydroxylation is 1. The average molecular weight is 527 g/mol. The molecule has 2 aromatic heterocycles. The van der Waals surface area contributed by atoms with Crippen molar-refractivity contribution >= 4 is 35.0 Å².